The van der Waals surface area contributed by atoms with Crippen molar-refractivity contribution >= 4 is 29.1 Å². The van der Waals surface area contributed by atoms with Crippen molar-refractivity contribution in [2.45, 2.75) is 19.4 Å². The van der Waals surface area contributed by atoms with E-state index in [1.54, 1.807) is 6.07 Å². The van der Waals surface area contributed by atoms with E-state index in [1.165, 1.54) is 7.11 Å². The van der Waals surface area contributed by atoms with Gasteiger partial charge < -0.3 is 19.7 Å². The minimum absolute atomic E-state index is 0.0148. The van der Waals surface area contributed by atoms with Crippen molar-refractivity contribution in [2.75, 3.05) is 26.7 Å². The number of hydrogen-bond donors (Lipinski definition) is 1. The molecule has 6 nitrogen and oxygen atoms in total. The van der Waals surface area contributed by atoms with E-state index in [2.05, 4.69) is 10.2 Å². The van der Waals surface area contributed by atoms with Gasteiger partial charge in [0.05, 0.1) is 18.6 Å². The lowest BCUT2D eigenvalue weighted by molar-refractivity contribution is -0.147. The fraction of sp³-hybridized carbons (Fsp3) is 0.364. The Labute approximate surface area is 175 Å². The highest BCUT2D eigenvalue weighted by Gasteiger charge is 2.33. The summed E-state index contributed by atoms with van der Waals surface area (Å²) in [7, 11) is 1.44. The number of rotatable bonds is 3. The number of halogens is 1. The van der Waals surface area contributed by atoms with E-state index in [0.29, 0.717) is 29.4 Å². The zero-order valence-electron chi connectivity index (χ0n) is 16.5. The number of methoxy groups -OCH3 is 1. The average Bonchev–Trinajstić information content (AvgIpc) is 2.91. The first-order chi connectivity index (χ1) is 14.1. The van der Waals surface area contributed by atoms with Crippen molar-refractivity contribution < 1.29 is 14.3 Å². The van der Waals surface area contributed by atoms with Crippen molar-refractivity contribution in [2.24, 2.45) is 10.9 Å². The molecule has 1 fully saturated rings. The second-order valence-corrected chi connectivity index (χ2v) is 7.63. The van der Waals surface area contributed by atoms with Gasteiger partial charge in [0.25, 0.3) is 0 Å². The van der Waals surface area contributed by atoms with Crippen molar-refractivity contribution in [1.29, 1.82) is 0 Å². The van der Waals surface area contributed by atoms with E-state index >= 15 is 0 Å². The Morgan fingerprint density at radius 1 is 1.34 bits per heavy atom. The van der Waals surface area contributed by atoms with E-state index in [0.717, 1.165) is 30.2 Å². The number of fused-ring (bicyclic) bond motifs is 2. The summed E-state index contributed by atoms with van der Waals surface area (Å²) < 4.78 is 11.2. The zero-order chi connectivity index (χ0) is 20.4. The molecular weight excluding hydrogens is 390 g/mol. The lowest BCUT2D eigenvalue weighted by Gasteiger charge is -2.38. The third kappa shape index (κ3) is 3.95. The normalized spacial score (nSPS) is 19.2. The molecule has 0 unspecified atom stereocenters. The lowest BCUT2D eigenvalue weighted by Crippen LogP contribution is -2.56. The fourth-order valence-corrected chi connectivity index (χ4v) is 4.11. The second-order valence-electron chi connectivity index (χ2n) is 7.19. The van der Waals surface area contributed by atoms with Gasteiger partial charge in [0.15, 0.2) is 5.75 Å². The summed E-state index contributed by atoms with van der Waals surface area (Å²) in [5, 5.41) is 4.08. The van der Waals surface area contributed by atoms with Crippen molar-refractivity contribution in [3.05, 3.63) is 53.1 Å². The maximum Gasteiger partial charge on any atom is 0.310 e. The predicted molar refractivity (Wildman–Crippen MR) is 113 cm³/mol. The van der Waals surface area contributed by atoms with Gasteiger partial charge in [-0.1, -0.05) is 30.7 Å². The standard InChI is InChI=1S/C22H24ClN3O3/c1-3-15(22(27)28-2)18-13-26(11-10-24-18)21-16-6-4-5-7-19(16)29-20-9-8-14(23)12-17(20)25-21/h4-9,12,15,18,24H,3,10-11,13H2,1-2H3/t15-,18-/m0/s1. The van der Waals surface area contributed by atoms with Crippen molar-refractivity contribution in [3.8, 4) is 11.5 Å². The quantitative estimate of drug-likeness (QED) is 0.770. The minimum Gasteiger partial charge on any atom is -0.469 e. The Morgan fingerprint density at radius 3 is 2.97 bits per heavy atom. The number of piperazine rings is 1. The second kappa shape index (κ2) is 8.43. The number of hydrogen-bond acceptors (Lipinski definition) is 6. The van der Waals surface area contributed by atoms with Crippen LogP contribution in [0.5, 0.6) is 11.5 Å². The summed E-state index contributed by atoms with van der Waals surface area (Å²) in [6.07, 6.45) is 0.711. The predicted octanol–water partition coefficient (Wildman–Crippen LogP) is 4.00. The van der Waals surface area contributed by atoms with Gasteiger partial charge in [-0.15, -0.1) is 0 Å². The average molecular weight is 414 g/mol. The molecule has 1 saturated heterocycles. The molecule has 0 radical (unpaired) electrons. The molecule has 1 N–H and O–H groups in total. The van der Waals surface area contributed by atoms with Crippen LogP contribution in [0.4, 0.5) is 5.69 Å². The summed E-state index contributed by atoms with van der Waals surface area (Å²) in [4.78, 5) is 19.4. The van der Waals surface area contributed by atoms with Crippen LogP contribution in [0.1, 0.15) is 18.9 Å². The molecule has 2 atom stereocenters. The van der Waals surface area contributed by atoms with Gasteiger partial charge in [0.2, 0.25) is 0 Å². The highest BCUT2D eigenvalue weighted by atomic mass is 35.5. The number of esters is 1. The highest BCUT2D eigenvalue weighted by molar-refractivity contribution is 6.31. The van der Waals surface area contributed by atoms with Crippen LogP contribution in [0.3, 0.4) is 0 Å². The van der Waals surface area contributed by atoms with Gasteiger partial charge in [0.1, 0.15) is 17.3 Å². The fourth-order valence-electron chi connectivity index (χ4n) is 3.95. The smallest absolute Gasteiger partial charge is 0.310 e. The summed E-state index contributed by atoms with van der Waals surface area (Å²) in [5.41, 5.74) is 1.62. The van der Waals surface area contributed by atoms with Gasteiger partial charge in [-0.2, -0.15) is 0 Å². The van der Waals surface area contributed by atoms with Crippen LogP contribution in [0.15, 0.2) is 47.5 Å². The molecule has 2 heterocycles. The first-order valence-electron chi connectivity index (χ1n) is 9.82. The zero-order valence-corrected chi connectivity index (χ0v) is 17.3. The van der Waals surface area contributed by atoms with E-state index in [4.69, 9.17) is 26.1 Å². The topological polar surface area (TPSA) is 63.2 Å². The van der Waals surface area contributed by atoms with Crippen LogP contribution in [0, 0.1) is 5.92 Å². The summed E-state index contributed by atoms with van der Waals surface area (Å²) in [5.74, 6) is 1.86. The molecule has 0 aromatic heterocycles. The van der Waals surface area contributed by atoms with Crippen molar-refractivity contribution in [3.63, 3.8) is 0 Å². The van der Waals surface area contributed by atoms with E-state index in [-0.39, 0.29) is 17.9 Å². The molecule has 0 bridgehead atoms. The van der Waals surface area contributed by atoms with Gasteiger partial charge >= 0.3 is 5.97 Å². The van der Waals surface area contributed by atoms with E-state index < -0.39 is 0 Å². The van der Waals surface area contributed by atoms with E-state index in [1.807, 2.05) is 43.3 Å². The van der Waals surface area contributed by atoms with Crippen LogP contribution >= 0.6 is 11.6 Å². The number of aliphatic imine (C=N–C) groups is 1. The molecule has 0 amide bonds. The number of benzene rings is 2. The van der Waals surface area contributed by atoms with Crippen LogP contribution in [-0.2, 0) is 9.53 Å². The molecule has 7 heteroatoms. The molecule has 152 valence electrons. The number of nitrogens with zero attached hydrogens (tertiary/aromatic N) is 2. The Kier molecular flexibility index (Phi) is 5.74. The van der Waals surface area contributed by atoms with Crippen molar-refractivity contribution in [1.82, 2.24) is 10.2 Å². The number of carbonyl (C=O) groups is 1. The molecule has 2 aliphatic rings. The van der Waals surface area contributed by atoms with E-state index in [9.17, 15) is 4.79 Å². The Bertz CT molecular complexity index is 947. The van der Waals surface area contributed by atoms with Crippen LogP contribution in [0.25, 0.3) is 0 Å². The van der Waals surface area contributed by atoms with Crippen LogP contribution < -0.4 is 10.1 Å². The molecule has 0 saturated carbocycles. The summed E-state index contributed by atoms with van der Waals surface area (Å²) in [6, 6.07) is 13.3. The third-order valence-electron chi connectivity index (χ3n) is 5.43. The first-order valence-corrected chi connectivity index (χ1v) is 10.2. The summed E-state index contributed by atoms with van der Waals surface area (Å²) >= 11 is 6.21. The first kappa shape index (κ1) is 19.7. The Balaban J connectivity index is 1.72. The molecule has 4 rings (SSSR count). The van der Waals surface area contributed by atoms with Gasteiger partial charge in [0, 0.05) is 30.7 Å². The molecule has 2 aromatic carbocycles. The largest absolute Gasteiger partial charge is 0.469 e. The monoisotopic (exact) mass is 413 g/mol. The Morgan fingerprint density at radius 2 is 2.17 bits per heavy atom. The van der Waals surface area contributed by atoms with Gasteiger partial charge in [-0.3, -0.25) is 4.79 Å². The maximum atomic E-state index is 12.2. The third-order valence-corrected chi connectivity index (χ3v) is 5.66. The number of amidine groups is 1. The number of nitrogens with one attached hydrogen (secondary N) is 1. The number of carbonyl (C=O) groups excluding carboxylic acids is 1. The number of para-hydroxylation sites is 1. The molecule has 0 aliphatic carbocycles. The maximum absolute atomic E-state index is 12.2. The number of ether oxygens (including phenoxy) is 2. The van der Waals surface area contributed by atoms with Gasteiger partial charge in [-0.25, -0.2) is 4.99 Å². The van der Waals surface area contributed by atoms with Crippen LogP contribution in [0.2, 0.25) is 5.02 Å². The SMILES string of the molecule is CC[C@H](C(=O)OC)[C@@H]1CN(C2=Nc3cc(Cl)ccc3Oc3ccccc32)CCN1. The van der Waals surface area contributed by atoms with Gasteiger partial charge in [-0.05, 0) is 36.8 Å². The molecule has 2 aromatic rings. The lowest BCUT2D eigenvalue weighted by atomic mass is 9.94. The minimum atomic E-state index is -0.206. The molecule has 29 heavy (non-hydrogen) atoms. The summed E-state index contributed by atoms with van der Waals surface area (Å²) in [6.45, 7) is 4.18. The molecular formula is C22H24ClN3O3. The van der Waals surface area contributed by atoms with Crippen LogP contribution in [-0.4, -0.2) is 49.5 Å². The highest BCUT2D eigenvalue weighted by Crippen LogP contribution is 2.39. The Hall–Kier alpha value is -2.57. The molecule has 2 aliphatic heterocycles. The molecule has 0 spiro atoms.